The molecule has 0 aromatic heterocycles. The molecule has 0 spiro atoms. The molecule has 0 aromatic carbocycles. The van der Waals surface area contributed by atoms with E-state index in [2.05, 4.69) is 36.5 Å². The molecule has 1 atom stereocenters. The average Bonchev–Trinajstić information content (AvgIpc) is 2.66. The monoisotopic (exact) mass is 395 g/mol. The highest BCUT2D eigenvalue weighted by Gasteiger charge is 2.17. The van der Waals surface area contributed by atoms with E-state index in [4.69, 9.17) is 10.2 Å². The van der Waals surface area contributed by atoms with Gasteiger partial charge in [-0.05, 0) is 51.5 Å². The largest absolute Gasteiger partial charge is 0.481 e. The topological polar surface area (TPSA) is 86.6 Å². The Hall–Kier alpha value is -1.62. The zero-order valence-corrected chi connectivity index (χ0v) is 17.7. The molecule has 0 amide bonds. The van der Waals surface area contributed by atoms with E-state index >= 15 is 0 Å². The van der Waals surface area contributed by atoms with Gasteiger partial charge >= 0.3 is 11.9 Å². The molecule has 0 aliphatic rings. The van der Waals surface area contributed by atoms with Crippen molar-refractivity contribution in [3.63, 3.8) is 0 Å². The van der Waals surface area contributed by atoms with Crippen molar-refractivity contribution in [3.05, 3.63) is 24.3 Å². The van der Waals surface area contributed by atoms with Crippen LogP contribution in [0.5, 0.6) is 0 Å². The Morgan fingerprint density at radius 3 is 1.96 bits per heavy atom. The number of carboxylic acids is 2. The molecule has 5 heteroatoms. The maximum absolute atomic E-state index is 11.1. The summed E-state index contributed by atoms with van der Waals surface area (Å²) in [5.74, 6) is -1.93. The van der Waals surface area contributed by atoms with Gasteiger partial charge < -0.3 is 15.5 Å². The number of hydrogen-bond acceptors (Lipinski definition) is 3. The van der Waals surface area contributed by atoms with Crippen LogP contribution in [0.3, 0.4) is 0 Å². The first-order valence-electron chi connectivity index (χ1n) is 11.1. The molecule has 0 saturated heterocycles. The van der Waals surface area contributed by atoms with Crippen LogP contribution in [0.4, 0.5) is 0 Å². The van der Waals surface area contributed by atoms with E-state index in [1.807, 2.05) is 0 Å². The molecule has 0 aliphatic heterocycles. The van der Waals surface area contributed by atoms with Crippen molar-refractivity contribution in [2.45, 2.75) is 103 Å². The van der Waals surface area contributed by atoms with Crippen molar-refractivity contribution in [1.29, 1.82) is 0 Å². The molecule has 0 radical (unpaired) electrons. The summed E-state index contributed by atoms with van der Waals surface area (Å²) in [5, 5.41) is 20.6. The number of hydrogen-bond donors (Lipinski definition) is 3. The number of carbonyl (C=O) groups is 2. The molecule has 162 valence electrons. The molecular formula is C23H41NO4. The first-order chi connectivity index (χ1) is 13.6. The Morgan fingerprint density at radius 1 is 0.821 bits per heavy atom. The van der Waals surface area contributed by atoms with Gasteiger partial charge in [0, 0.05) is 6.42 Å². The third-order valence-corrected chi connectivity index (χ3v) is 4.71. The normalized spacial score (nSPS) is 12.8. The Labute approximate surface area is 171 Å². The second-order valence-corrected chi connectivity index (χ2v) is 7.36. The lowest BCUT2D eigenvalue weighted by Gasteiger charge is -2.13. The minimum atomic E-state index is -0.971. The minimum Gasteiger partial charge on any atom is -0.481 e. The fraction of sp³-hybridized carbons (Fsp3) is 0.739. The van der Waals surface area contributed by atoms with Crippen molar-refractivity contribution < 1.29 is 19.8 Å². The number of aliphatic carboxylic acids is 2. The molecule has 5 nitrogen and oxygen atoms in total. The summed E-state index contributed by atoms with van der Waals surface area (Å²) in [6, 6.07) is -0.755. The van der Waals surface area contributed by atoms with E-state index in [9.17, 15) is 9.59 Å². The van der Waals surface area contributed by atoms with Gasteiger partial charge in [0.2, 0.25) is 0 Å². The number of unbranched alkanes of at least 4 members (excludes halogenated alkanes) is 9. The summed E-state index contributed by atoms with van der Waals surface area (Å²) < 4.78 is 0. The van der Waals surface area contributed by atoms with Gasteiger partial charge in [-0.25, -0.2) is 0 Å². The Bertz CT molecular complexity index is 446. The second kappa shape index (κ2) is 20.1. The van der Waals surface area contributed by atoms with Gasteiger partial charge in [0.05, 0.1) is 0 Å². The van der Waals surface area contributed by atoms with E-state index in [-0.39, 0.29) is 12.8 Å². The highest BCUT2D eigenvalue weighted by atomic mass is 16.4. The highest BCUT2D eigenvalue weighted by Crippen LogP contribution is 2.08. The molecule has 0 rings (SSSR count). The van der Waals surface area contributed by atoms with Crippen LogP contribution >= 0.6 is 0 Å². The molecule has 0 aromatic rings. The number of carboxylic acid groups (broad SMARTS) is 2. The third kappa shape index (κ3) is 19.2. The van der Waals surface area contributed by atoms with Gasteiger partial charge in [-0.3, -0.25) is 9.59 Å². The van der Waals surface area contributed by atoms with E-state index in [0.717, 1.165) is 25.7 Å². The number of rotatable bonds is 20. The fourth-order valence-electron chi connectivity index (χ4n) is 2.97. The van der Waals surface area contributed by atoms with E-state index in [1.54, 1.807) is 0 Å². The lowest BCUT2D eigenvalue weighted by Crippen LogP contribution is -2.37. The van der Waals surface area contributed by atoms with E-state index in [0.29, 0.717) is 6.54 Å². The number of allylic oxidation sites excluding steroid dienone is 4. The molecule has 0 aliphatic carbocycles. The fourth-order valence-corrected chi connectivity index (χ4v) is 2.97. The standard InChI is InChI=1S/C23H41NO4/c1-2-3-4-5-6-7-8-9-10-11-12-13-14-15-16-17-20-24-21(23(27)28)18-19-22(25)26/h6-7,9-10,21,24H,2-5,8,11-20H2,1H3,(H,25,26)(H,27,28)/b7-6-,10-9-/t21-/m0/s1. The van der Waals surface area contributed by atoms with Gasteiger partial charge in [0.15, 0.2) is 0 Å². The summed E-state index contributed by atoms with van der Waals surface area (Å²) in [6.07, 6.45) is 23.3. The van der Waals surface area contributed by atoms with Crippen molar-refractivity contribution in [2.75, 3.05) is 6.54 Å². The van der Waals surface area contributed by atoms with Crippen molar-refractivity contribution >= 4 is 11.9 Å². The van der Waals surface area contributed by atoms with Crippen LogP contribution in [0.1, 0.15) is 96.8 Å². The van der Waals surface area contributed by atoms with Gasteiger partial charge in [0.1, 0.15) is 6.04 Å². The van der Waals surface area contributed by atoms with E-state index < -0.39 is 18.0 Å². The minimum absolute atomic E-state index is 0.117. The van der Waals surface area contributed by atoms with Crippen LogP contribution in [0.2, 0.25) is 0 Å². The van der Waals surface area contributed by atoms with Gasteiger partial charge in [-0.1, -0.05) is 69.8 Å². The lowest BCUT2D eigenvalue weighted by atomic mass is 10.1. The maximum atomic E-state index is 11.1. The smallest absolute Gasteiger partial charge is 0.320 e. The SMILES string of the molecule is CCCCC/C=C\C/C=C\CCCCCCCCN[C@@H](CCC(=O)O)C(=O)O. The van der Waals surface area contributed by atoms with Gasteiger partial charge in [-0.2, -0.15) is 0 Å². The maximum Gasteiger partial charge on any atom is 0.320 e. The predicted octanol–water partition coefficient (Wildman–Crippen LogP) is 5.71. The summed E-state index contributed by atoms with van der Waals surface area (Å²) in [5.41, 5.74) is 0. The molecule has 28 heavy (non-hydrogen) atoms. The molecule has 0 fully saturated rings. The predicted molar refractivity (Wildman–Crippen MR) is 116 cm³/mol. The zero-order valence-electron chi connectivity index (χ0n) is 17.7. The zero-order chi connectivity index (χ0) is 20.9. The first-order valence-corrected chi connectivity index (χ1v) is 11.1. The summed E-state index contributed by atoms with van der Waals surface area (Å²) in [7, 11) is 0. The Morgan fingerprint density at radius 2 is 1.39 bits per heavy atom. The molecule has 0 bridgehead atoms. The van der Waals surface area contributed by atoms with Crippen molar-refractivity contribution in [3.8, 4) is 0 Å². The molecule has 0 heterocycles. The highest BCUT2D eigenvalue weighted by molar-refractivity contribution is 5.75. The summed E-state index contributed by atoms with van der Waals surface area (Å²) in [4.78, 5) is 21.6. The van der Waals surface area contributed by atoms with Crippen LogP contribution in [-0.4, -0.2) is 34.7 Å². The van der Waals surface area contributed by atoms with E-state index in [1.165, 1.54) is 51.4 Å². The Kier molecular flexibility index (Phi) is 19.0. The third-order valence-electron chi connectivity index (χ3n) is 4.71. The lowest BCUT2D eigenvalue weighted by molar-refractivity contribution is -0.140. The Balaban J connectivity index is 3.43. The van der Waals surface area contributed by atoms with Gasteiger partial charge in [-0.15, -0.1) is 0 Å². The molecule has 0 unspecified atom stereocenters. The van der Waals surface area contributed by atoms with Crippen LogP contribution in [0.25, 0.3) is 0 Å². The quantitative estimate of drug-likeness (QED) is 0.182. The molecular weight excluding hydrogens is 354 g/mol. The van der Waals surface area contributed by atoms with Crippen LogP contribution < -0.4 is 5.32 Å². The molecule has 0 saturated carbocycles. The number of nitrogens with one attached hydrogen (secondary N) is 1. The van der Waals surface area contributed by atoms with Crippen LogP contribution in [0.15, 0.2) is 24.3 Å². The summed E-state index contributed by atoms with van der Waals surface area (Å²) >= 11 is 0. The molecule has 3 N–H and O–H groups in total. The van der Waals surface area contributed by atoms with Gasteiger partial charge in [0.25, 0.3) is 0 Å². The average molecular weight is 396 g/mol. The van der Waals surface area contributed by atoms with Crippen LogP contribution in [-0.2, 0) is 9.59 Å². The second-order valence-electron chi connectivity index (χ2n) is 7.36. The van der Waals surface area contributed by atoms with Crippen LogP contribution in [0, 0.1) is 0 Å². The summed E-state index contributed by atoms with van der Waals surface area (Å²) in [6.45, 7) is 2.86. The van der Waals surface area contributed by atoms with Crippen molar-refractivity contribution in [1.82, 2.24) is 5.32 Å². The van der Waals surface area contributed by atoms with Crippen molar-refractivity contribution in [2.24, 2.45) is 0 Å². The first kappa shape index (κ1) is 26.4.